The molecule has 1 saturated heterocycles. The molecular formula is C13H19NO4S. The van der Waals surface area contributed by atoms with E-state index in [2.05, 4.69) is 4.72 Å². The van der Waals surface area contributed by atoms with Crippen molar-refractivity contribution in [3.8, 4) is 0 Å². The zero-order chi connectivity index (χ0) is 13.8. The summed E-state index contributed by atoms with van der Waals surface area (Å²) in [5, 5.41) is 9.49. The Bertz CT molecular complexity index is 495. The zero-order valence-corrected chi connectivity index (χ0v) is 11.5. The third-order valence-electron chi connectivity index (χ3n) is 3.32. The van der Waals surface area contributed by atoms with Crippen LogP contribution in [0.2, 0.25) is 0 Å². The molecule has 0 amide bonds. The number of aliphatic hydroxyl groups is 1. The summed E-state index contributed by atoms with van der Waals surface area (Å²) >= 11 is 0. The molecule has 0 bridgehead atoms. The Morgan fingerprint density at radius 2 is 1.84 bits per heavy atom. The monoisotopic (exact) mass is 285 g/mol. The lowest BCUT2D eigenvalue weighted by atomic mass is 9.93. The van der Waals surface area contributed by atoms with Crippen LogP contribution in [0.1, 0.15) is 18.4 Å². The molecule has 0 aromatic heterocycles. The van der Waals surface area contributed by atoms with Gasteiger partial charge in [0.1, 0.15) is 0 Å². The molecule has 1 aliphatic heterocycles. The maximum atomic E-state index is 12.2. The van der Waals surface area contributed by atoms with Gasteiger partial charge in [0, 0.05) is 13.2 Å². The molecule has 0 saturated carbocycles. The number of rotatable bonds is 5. The van der Waals surface area contributed by atoms with Gasteiger partial charge < -0.3 is 9.84 Å². The van der Waals surface area contributed by atoms with Gasteiger partial charge in [-0.2, -0.15) is 0 Å². The average Bonchev–Trinajstić information content (AvgIpc) is 2.40. The minimum absolute atomic E-state index is 0.0730. The molecule has 2 rings (SSSR count). The highest BCUT2D eigenvalue weighted by molar-refractivity contribution is 7.88. The van der Waals surface area contributed by atoms with Crippen molar-refractivity contribution >= 4 is 10.0 Å². The first kappa shape index (κ1) is 14.5. The van der Waals surface area contributed by atoms with Crippen molar-refractivity contribution in [3.63, 3.8) is 0 Å². The molecule has 1 aromatic carbocycles. The summed E-state index contributed by atoms with van der Waals surface area (Å²) in [6.07, 6.45) is 0.995. The summed E-state index contributed by atoms with van der Waals surface area (Å²) in [6.45, 7) is 0.729. The minimum atomic E-state index is -3.47. The van der Waals surface area contributed by atoms with E-state index in [9.17, 15) is 13.5 Å². The van der Waals surface area contributed by atoms with Gasteiger partial charge in [0.15, 0.2) is 0 Å². The fourth-order valence-corrected chi connectivity index (χ4v) is 3.85. The molecule has 2 N–H and O–H groups in total. The van der Waals surface area contributed by atoms with Crippen molar-refractivity contribution in [2.75, 3.05) is 19.8 Å². The molecule has 19 heavy (non-hydrogen) atoms. The van der Waals surface area contributed by atoms with Crippen LogP contribution in [0, 0.1) is 0 Å². The van der Waals surface area contributed by atoms with Gasteiger partial charge in [0.25, 0.3) is 0 Å². The summed E-state index contributed by atoms with van der Waals surface area (Å²) in [6, 6.07) is 9.00. The Kier molecular flexibility index (Phi) is 4.57. The number of hydrogen-bond donors (Lipinski definition) is 2. The second kappa shape index (κ2) is 6.00. The maximum Gasteiger partial charge on any atom is 0.216 e. The number of ether oxygens (including phenoxy) is 1. The van der Waals surface area contributed by atoms with E-state index in [0.29, 0.717) is 26.1 Å². The predicted molar refractivity (Wildman–Crippen MR) is 72.1 cm³/mol. The Morgan fingerprint density at radius 1 is 1.21 bits per heavy atom. The maximum absolute atomic E-state index is 12.2. The summed E-state index contributed by atoms with van der Waals surface area (Å²) in [7, 11) is -3.47. The fourth-order valence-electron chi connectivity index (χ4n) is 2.21. The highest BCUT2D eigenvalue weighted by Gasteiger charge is 2.35. The largest absolute Gasteiger partial charge is 0.394 e. The van der Waals surface area contributed by atoms with Crippen molar-refractivity contribution in [1.29, 1.82) is 0 Å². The second-order valence-corrected chi connectivity index (χ2v) is 6.62. The van der Waals surface area contributed by atoms with Crippen LogP contribution in [-0.4, -0.2) is 38.9 Å². The van der Waals surface area contributed by atoms with E-state index >= 15 is 0 Å². The minimum Gasteiger partial charge on any atom is -0.394 e. The van der Waals surface area contributed by atoms with Gasteiger partial charge in [-0.3, -0.25) is 0 Å². The molecule has 1 aromatic rings. The van der Waals surface area contributed by atoms with Crippen LogP contribution in [0.3, 0.4) is 0 Å². The van der Waals surface area contributed by atoms with Crippen molar-refractivity contribution in [3.05, 3.63) is 35.9 Å². The van der Waals surface area contributed by atoms with Gasteiger partial charge in [-0.25, -0.2) is 13.1 Å². The van der Waals surface area contributed by atoms with Gasteiger partial charge in [-0.1, -0.05) is 30.3 Å². The molecular weight excluding hydrogens is 266 g/mol. The van der Waals surface area contributed by atoms with E-state index in [-0.39, 0.29) is 12.4 Å². The van der Waals surface area contributed by atoms with Gasteiger partial charge in [0.2, 0.25) is 10.0 Å². The lowest BCUT2D eigenvalue weighted by Gasteiger charge is -2.35. The van der Waals surface area contributed by atoms with Gasteiger partial charge in [-0.15, -0.1) is 0 Å². The molecule has 1 heterocycles. The van der Waals surface area contributed by atoms with E-state index in [1.54, 1.807) is 24.3 Å². The van der Waals surface area contributed by atoms with Crippen molar-refractivity contribution < 1.29 is 18.3 Å². The summed E-state index contributed by atoms with van der Waals surface area (Å²) in [4.78, 5) is 0. The second-order valence-electron chi connectivity index (χ2n) is 4.90. The summed E-state index contributed by atoms with van der Waals surface area (Å²) in [5.41, 5.74) is -0.0403. The smallest absolute Gasteiger partial charge is 0.216 e. The van der Waals surface area contributed by atoms with E-state index in [0.717, 1.165) is 5.56 Å². The Hall–Kier alpha value is -0.950. The number of hydrogen-bond acceptors (Lipinski definition) is 4. The summed E-state index contributed by atoms with van der Waals surface area (Å²) < 4.78 is 32.2. The van der Waals surface area contributed by atoms with Gasteiger partial charge in [0.05, 0.1) is 17.9 Å². The van der Waals surface area contributed by atoms with Crippen LogP contribution in [-0.2, 0) is 20.5 Å². The van der Waals surface area contributed by atoms with E-state index < -0.39 is 15.6 Å². The third-order valence-corrected chi connectivity index (χ3v) is 4.78. The lowest BCUT2D eigenvalue weighted by Crippen LogP contribution is -2.54. The highest BCUT2D eigenvalue weighted by atomic mass is 32.2. The highest BCUT2D eigenvalue weighted by Crippen LogP contribution is 2.22. The molecule has 5 nitrogen and oxygen atoms in total. The molecule has 0 unspecified atom stereocenters. The zero-order valence-electron chi connectivity index (χ0n) is 10.7. The standard InChI is InChI=1S/C13H19NO4S/c15-11-13(6-8-18-9-7-13)14-19(16,17)10-12-4-2-1-3-5-12/h1-5,14-15H,6-11H2. The number of aliphatic hydroxyl groups excluding tert-OH is 1. The topological polar surface area (TPSA) is 75.6 Å². The van der Waals surface area contributed by atoms with Gasteiger partial charge >= 0.3 is 0 Å². The summed E-state index contributed by atoms with van der Waals surface area (Å²) in [5.74, 6) is -0.0730. The molecule has 0 radical (unpaired) electrons. The molecule has 1 fully saturated rings. The average molecular weight is 285 g/mol. The van der Waals surface area contributed by atoms with Crippen molar-refractivity contribution in [1.82, 2.24) is 4.72 Å². The molecule has 0 atom stereocenters. The number of sulfonamides is 1. The Labute approximate surface area is 113 Å². The predicted octanol–water partition coefficient (Wildman–Crippen LogP) is 0.647. The normalized spacial score (nSPS) is 19.2. The Balaban J connectivity index is 2.07. The first-order valence-corrected chi connectivity index (χ1v) is 7.95. The first-order chi connectivity index (χ1) is 9.05. The molecule has 6 heteroatoms. The first-order valence-electron chi connectivity index (χ1n) is 6.29. The van der Waals surface area contributed by atoms with Crippen molar-refractivity contribution in [2.45, 2.75) is 24.1 Å². The quantitative estimate of drug-likeness (QED) is 0.833. The number of nitrogens with one attached hydrogen (secondary N) is 1. The van der Waals surface area contributed by atoms with Crippen molar-refractivity contribution in [2.24, 2.45) is 0 Å². The van der Waals surface area contributed by atoms with Crippen LogP contribution in [0.5, 0.6) is 0 Å². The van der Waals surface area contributed by atoms with Crippen LogP contribution >= 0.6 is 0 Å². The number of benzene rings is 1. The van der Waals surface area contributed by atoms with Crippen LogP contribution in [0.25, 0.3) is 0 Å². The van der Waals surface area contributed by atoms with E-state index in [1.807, 2.05) is 6.07 Å². The van der Waals surface area contributed by atoms with Crippen LogP contribution < -0.4 is 4.72 Å². The van der Waals surface area contributed by atoms with E-state index in [4.69, 9.17) is 4.74 Å². The molecule has 0 aliphatic carbocycles. The van der Waals surface area contributed by atoms with Crippen LogP contribution in [0.15, 0.2) is 30.3 Å². The lowest BCUT2D eigenvalue weighted by molar-refractivity contribution is 0.0222. The molecule has 106 valence electrons. The van der Waals surface area contributed by atoms with Crippen LogP contribution in [0.4, 0.5) is 0 Å². The fraction of sp³-hybridized carbons (Fsp3) is 0.538. The van der Waals surface area contributed by atoms with E-state index in [1.165, 1.54) is 0 Å². The SMILES string of the molecule is O=S(=O)(Cc1ccccc1)NC1(CO)CCOCC1. The Morgan fingerprint density at radius 3 is 2.42 bits per heavy atom. The molecule has 1 aliphatic rings. The third kappa shape index (κ3) is 4.01. The molecule has 0 spiro atoms. The van der Waals surface area contributed by atoms with Gasteiger partial charge in [-0.05, 0) is 18.4 Å².